The third-order valence-electron chi connectivity index (χ3n) is 5.32. The summed E-state index contributed by atoms with van der Waals surface area (Å²) in [4.78, 5) is 15.8. The number of carbonyl (C=O) groups is 1. The van der Waals surface area contributed by atoms with Crippen molar-refractivity contribution in [3.63, 3.8) is 0 Å². The van der Waals surface area contributed by atoms with E-state index in [2.05, 4.69) is 34.8 Å². The minimum Gasteiger partial charge on any atom is -0.377 e. The first-order valence-electron chi connectivity index (χ1n) is 8.48. The molecular formula is C16H29IN4O2. The van der Waals surface area contributed by atoms with E-state index in [-0.39, 0.29) is 41.3 Å². The summed E-state index contributed by atoms with van der Waals surface area (Å²) < 4.78 is 5.85. The monoisotopic (exact) mass is 436 g/mol. The molecule has 0 aromatic heterocycles. The Labute approximate surface area is 155 Å². The second kappa shape index (κ2) is 7.55. The second-order valence-electron chi connectivity index (χ2n) is 7.19. The molecule has 1 saturated carbocycles. The quantitative estimate of drug-likeness (QED) is 0.354. The molecule has 4 unspecified atom stereocenters. The summed E-state index contributed by atoms with van der Waals surface area (Å²) in [5.41, 5.74) is 0.137. The van der Waals surface area contributed by atoms with Gasteiger partial charge < -0.3 is 20.7 Å². The highest BCUT2D eigenvalue weighted by molar-refractivity contribution is 14.0. The lowest BCUT2D eigenvalue weighted by Gasteiger charge is -2.55. The first kappa shape index (κ1) is 18.8. The molecule has 0 bridgehead atoms. The van der Waals surface area contributed by atoms with E-state index >= 15 is 0 Å². The van der Waals surface area contributed by atoms with E-state index in [1.54, 1.807) is 0 Å². The molecule has 3 aliphatic rings. The Morgan fingerprint density at radius 3 is 2.83 bits per heavy atom. The number of nitrogens with zero attached hydrogens (tertiary/aromatic N) is 1. The molecule has 0 aromatic rings. The van der Waals surface area contributed by atoms with Gasteiger partial charge in [-0.3, -0.25) is 9.79 Å². The Hall–Kier alpha value is -0.570. The van der Waals surface area contributed by atoms with Gasteiger partial charge in [0, 0.05) is 49.5 Å². The Morgan fingerprint density at radius 1 is 1.39 bits per heavy atom. The number of nitrogens with one attached hydrogen (secondary N) is 3. The van der Waals surface area contributed by atoms with Gasteiger partial charge in [-0.05, 0) is 19.8 Å². The predicted octanol–water partition coefficient (Wildman–Crippen LogP) is 1.25. The van der Waals surface area contributed by atoms with Gasteiger partial charge in [-0.15, -0.1) is 24.0 Å². The van der Waals surface area contributed by atoms with Crippen LogP contribution in [-0.2, 0) is 9.53 Å². The van der Waals surface area contributed by atoms with E-state index in [4.69, 9.17) is 4.74 Å². The summed E-state index contributed by atoms with van der Waals surface area (Å²) in [6, 6.07) is 0.658. The lowest BCUT2D eigenvalue weighted by Crippen LogP contribution is -2.68. The number of hydrogen-bond donors (Lipinski definition) is 3. The molecule has 3 N–H and O–H groups in total. The zero-order valence-corrected chi connectivity index (χ0v) is 16.6. The van der Waals surface area contributed by atoms with Crippen LogP contribution in [-0.4, -0.2) is 49.8 Å². The van der Waals surface area contributed by atoms with Gasteiger partial charge in [0.25, 0.3) is 0 Å². The third kappa shape index (κ3) is 3.75. The number of guanidine groups is 1. The third-order valence-corrected chi connectivity index (χ3v) is 5.32. The molecule has 0 aromatic carbocycles. The average Bonchev–Trinajstić information content (AvgIpc) is 2.94. The number of fused-ring (bicyclic) bond motifs is 1. The topological polar surface area (TPSA) is 74.8 Å². The van der Waals surface area contributed by atoms with Crippen LogP contribution in [0.25, 0.3) is 0 Å². The molecular weight excluding hydrogens is 407 g/mol. The normalized spacial score (nSPS) is 35.4. The summed E-state index contributed by atoms with van der Waals surface area (Å²) in [6.45, 7) is 8.86. The number of piperidine rings is 1. The largest absolute Gasteiger partial charge is 0.377 e. The molecule has 6 nitrogen and oxygen atoms in total. The first-order chi connectivity index (χ1) is 10.5. The molecule has 3 rings (SSSR count). The second-order valence-corrected chi connectivity index (χ2v) is 7.19. The maximum Gasteiger partial charge on any atom is 0.220 e. The minimum absolute atomic E-state index is 0. The highest BCUT2D eigenvalue weighted by Gasteiger charge is 2.59. The molecule has 2 heterocycles. The number of halogens is 1. The molecule has 0 radical (unpaired) electrons. The van der Waals surface area contributed by atoms with Gasteiger partial charge in [-0.25, -0.2) is 0 Å². The fourth-order valence-corrected chi connectivity index (χ4v) is 4.10. The molecule has 0 spiro atoms. The van der Waals surface area contributed by atoms with Gasteiger partial charge in [-0.1, -0.05) is 13.8 Å². The Balaban J connectivity index is 0.00000192. The van der Waals surface area contributed by atoms with Crippen molar-refractivity contribution >= 4 is 35.8 Å². The number of amides is 1. The molecule has 1 aliphatic carbocycles. The molecule has 2 saturated heterocycles. The van der Waals surface area contributed by atoms with Gasteiger partial charge in [0.15, 0.2) is 5.96 Å². The van der Waals surface area contributed by atoms with Crippen molar-refractivity contribution in [3.05, 3.63) is 0 Å². The van der Waals surface area contributed by atoms with Gasteiger partial charge >= 0.3 is 0 Å². The molecule has 2 aliphatic heterocycles. The number of aliphatic imine (C=N–C) groups is 1. The van der Waals surface area contributed by atoms with Crippen molar-refractivity contribution in [2.24, 2.45) is 16.3 Å². The van der Waals surface area contributed by atoms with Crippen LogP contribution in [0, 0.1) is 11.3 Å². The van der Waals surface area contributed by atoms with Crippen LogP contribution in [0.2, 0.25) is 0 Å². The zero-order valence-electron chi connectivity index (χ0n) is 14.2. The Kier molecular flexibility index (Phi) is 6.16. The SMILES string of the molecule is CCN=C(NC1CCC(=O)NC1)NC1C2CCOC2C1(C)C.I. The smallest absolute Gasteiger partial charge is 0.220 e. The minimum atomic E-state index is 0. The lowest BCUT2D eigenvalue weighted by molar-refractivity contribution is -0.122. The van der Waals surface area contributed by atoms with Crippen LogP contribution in [0.3, 0.4) is 0 Å². The summed E-state index contributed by atoms with van der Waals surface area (Å²) in [7, 11) is 0. The van der Waals surface area contributed by atoms with Crippen LogP contribution in [0.4, 0.5) is 0 Å². The van der Waals surface area contributed by atoms with Gasteiger partial charge in [-0.2, -0.15) is 0 Å². The molecule has 23 heavy (non-hydrogen) atoms. The average molecular weight is 436 g/mol. The van der Waals surface area contributed by atoms with Crippen molar-refractivity contribution in [1.29, 1.82) is 0 Å². The predicted molar refractivity (Wildman–Crippen MR) is 101 cm³/mol. The summed E-state index contributed by atoms with van der Waals surface area (Å²) in [5.74, 6) is 1.60. The van der Waals surface area contributed by atoms with Crippen molar-refractivity contribution < 1.29 is 9.53 Å². The number of hydrogen-bond acceptors (Lipinski definition) is 3. The van der Waals surface area contributed by atoms with Gasteiger partial charge in [0.05, 0.1) is 6.10 Å². The van der Waals surface area contributed by atoms with Gasteiger partial charge in [0.2, 0.25) is 5.91 Å². The summed E-state index contributed by atoms with van der Waals surface area (Å²) in [5, 5.41) is 10.0. The fourth-order valence-electron chi connectivity index (χ4n) is 4.10. The van der Waals surface area contributed by atoms with Crippen molar-refractivity contribution in [1.82, 2.24) is 16.0 Å². The number of rotatable bonds is 3. The van der Waals surface area contributed by atoms with Crippen LogP contribution in [0.15, 0.2) is 4.99 Å². The number of ether oxygens (including phenoxy) is 1. The van der Waals surface area contributed by atoms with E-state index in [1.807, 2.05) is 6.92 Å². The van der Waals surface area contributed by atoms with E-state index in [1.165, 1.54) is 0 Å². The standard InChI is InChI=1S/C16H28N4O2.HI/c1-4-17-15(19-10-5-6-12(21)18-9-10)20-13-11-7-8-22-14(11)16(13,2)3;/h10-11,13-14H,4-9H2,1-3H3,(H,18,21)(H2,17,19,20);1H. The van der Waals surface area contributed by atoms with Crippen molar-refractivity contribution in [2.45, 2.75) is 58.2 Å². The van der Waals surface area contributed by atoms with E-state index in [0.29, 0.717) is 31.0 Å². The van der Waals surface area contributed by atoms with Gasteiger partial charge in [0.1, 0.15) is 0 Å². The van der Waals surface area contributed by atoms with Crippen molar-refractivity contribution in [3.8, 4) is 0 Å². The zero-order chi connectivity index (χ0) is 15.7. The maximum atomic E-state index is 11.3. The summed E-state index contributed by atoms with van der Waals surface area (Å²) >= 11 is 0. The highest BCUT2D eigenvalue weighted by Crippen LogP contribution is 2.52. The van der Waals surface area contributed by atoms with Crippen LogP contribution in [0.1, 0.15) is 40.0 Å². The molecule has 132 valence electrons. The van der Waals surface area contributed by atoms with Crippen molar-refractivity contribution in [2.75, 3.05) is 19.7 Å². The van der Waals surface area contributed by atoms with Crippen LogP contribution in [0.5, 0.6) is 0 Å². The van der Waals surface area contributed by atoms with Crippen LogP contribution < -0.4 is 16.0 Å². The lowest BCUT2D eigenvalue weighted by atomic mass is 9.57. The van der Waals surface area contributed by atoms with E-state index < -0.39 is 0 Å². The molecule has 4 atom stereocenters. The Bertz CT molecular complexity index is 459. The van der Waals surface area contributed by atoms with E-state index in [0.717, 1.165) is 32.0 Å². The molecule has 7 heteroatoms. The fraction of sp³-hybridized carbons (Fsp3) is 0.875. The number of carbonyl (C=O) groups excluding carboxylic acids is 1. The highest BCUT2D eigenvalue weighted by atomic mass is 127. The first-order valence-corrected chi connectivity index (χ1v) is 8.48. The van der Waals surface area contributed by atoms with Crippen LogP contribution >= 0.6 is 24.0 Å². The maximum absolute atomic E-state index is 11.3. The Morgan fingerprint density at radius 2 is 2.17 bits per heavy atom. The molecule has 3 fully saturated rings. The summed E-state index contributed by atoms with van der Waals surface area (Å²) in [6.07, 6.45) is 2.95. The molecule has 1 amide bonds. The van der Waals surface area contributed by atoms with E-state index in [9.17, 15) is 4.79 Å².